The van der Waals surface area contributed by atoms with E-state index in [0.29, 0.717) is 0 Å². The van der Waals surface area contributed by atoms with Crippen LogP contribution in [0, 0.1) is 0 Å². The normalized spacial score (nSPS) is 11.0. The smallest absolute Gasteiger partial charge is 0.0460 e. The Hall–Kier alpha value is -2.32. The SMILES string of the molecule is Brc1ccccc1-c1c[nH]c(-c2ccc3ccccc3c2)c1. The molecule has 106 valence electrons. The summed E-state index contributed by atoms with van der Waals surface area (Å²) >= 11 is 3.62. The molecular weight excluding hydrogens is 334 g/mol. The van der Waals surface area contributed by atoms with Crippen LogP contribution < -0.4 is 0 Å². The molecule has 4 aromatic rings. The quantitative estimate of drug-likeness (QED) is 0.440. The predicted molar refractivity (Wildman–Crippen MR) is 96.9 cm³/mol. The van der Waals surface area contributed by atoms with Gasteiger partial charge in [-0.25, -0.2) is 0 Å². The van der Waals surface area contributed by atoms with Crippen molar-refractivity contribution in [3.05, 3.63) is 83.5 Å². The maximum atomic E-state index is 3.62. The molecule has 0 saturated heterocycles. The Kier molecular flexibility index (Phi) is 3.32. The molecule has 0 aliphatic rings. The fourth-order valence-electron chi connectivity index (χ4n) is 2.77. The first kappa shape index (κ1) is 13.4. The third-order valence-corrected chi connectivity index (χ3v) is 4.62. The molecule has 0 amide bonds. The maximum Gasteiger partial charge on any atom is 0.0460 e. The summed E-state index contributed by atoms with van der Waals surface area (Å²) in [6.07, 6.45) is 2.06. The first-order valence-electron chi connectivity index (χ1n) is 7.24. The highest BCUT2D eigenvalue weighted by molar-refractivity contribution is 9.10. The van der Waals surface area contributed by atoms with Crippen LogP contribution >= 0.6 is 15.9 Å². The van der Waals surface area contributed by atoms with Crippen molar-refractivity contribution < 1.29 is 0 Å². The molecular formula is C20H14BrN. The fraction of sp³-hybridized carbons (Fsp3) is 0. The Morgan fingerprint density at radius 2 is 1.45 bits per heavy atom. The summed E-state index contributed by atoms with van der Waals surface area (Å²) in [5.74, 6) is 0. The van der Waals surface area contributed by atoms with Crippen molar-refractivity contribution in [2.45, 2.75) is 0 Å². The number of aromatic nitrogens is 1. The van der Waals surface area contributed by atoms with Crippen molar-refractivity contribution >= 4 is 26.7 Å². The summed E-state index contributed by atoms with van der Waals surface area (Å²) in [6.45, 7) is 0. The number of fused-ring (bicyclic) bond motifs is 1. The summed E-state index contributed by atoms with van der Waals surface area (Å²) in [5.41, 5.74) is 4.73. The molecule has 22 heavy (non-hydrogen) atoms. The van der Waals surface area contributed by atoms with Gasteiger partial charge in [0.25, 0.3) is 0 Å². The topological polar surface area (TPSA) is 15.8 Å². The first-order valence-corrected chi connectivity index (χ1v) is 8.03. The van der Waals surface area contributed by atoms with Crippen LogP contribution in [-0.2, 0) is 0 Å². The summed E-state index contributed by atoms with van der Waals surface area (Å²) in [5, 5.41) is 2.53. The van der Waals surface area contributed by atoms with Gasteiger partial charge in [0.15, 0.2) is 0 Å². The molecule has 0 aliphatic carbocycles. The first-order chi connectivity index (χ1) is 10.8. The van der Waals surface area contributed by atoms with E-state index in [2.05, 4.69) is 93.8 Å². The van der Waals surface area contributed by atoms with E-state index in [1.54, 1.807) is 0 Å². The zero-order valence-electron chi connectivity index (χ0n) is 11.9. The van der Waals surface area contributed by atoms with Gasteiger partial charge in [0, 0.05) is 21.9 Å². The number of rotatable bonds is 2. The Balaban J connectivity index is 1.78. The van der Waals surface area contributed by atoms with Crippen LogP contribution in [0.5, 0.6) is 0 Å². The second kappa shape index (κ2) is 5.47. The zero-order valence-corrected chi connectivity index (χ0v) is 13.5. The number of hydrogen-bond donors (Lipinski definition) is 1. The molecule has 1 heterocycles. The Bertz CT molecular complexity index is 953. The molecule has 0 radical (unpaired) electrons. The number of aromatic amines is 1. The van der Waals surface area contributed by atoms with Gasteiger partial charge in [0.2, 0.25) is 0 Å². The lowest BCUT2D eigenvalue weighted by molar-refractivity contribution is 1.40. The molecule has 2 heteroatoms. The fourth-order valence-corrected chi connectivity index (χ4v) is 3.28. The van der Waals surface area contributed by atoms with Crippen LogP contribution in [0.15, 0.2) is 83.5 Å². The van der Waals surface area contributed by atoms with Gasteiger partial charge in [0.1, 0.15) is 0 Å². The van der Waals surface area contributed by atoms with Crippen LogP contribution in [0.1, 0.15) is 0 Å². The average molecular weight is 348 g/mol. The molecule has 0 unspecified atom stereocenters. The van der Waals surface area contributed by atoms with E-state index in [0.717, 1.165) is 10.2 Å². The lowest BCUT2D eigenvalue weighted by Crippen LogP contribution is -1.78. The molecule has 1 N–H and O–H groups in total. The van der Waals surface area contributed by atoms with Gasteiger partial charge in [-0.05, 0) is 40.1 Å². The lowest BCUT2D eigenvalue weighted by atomic mass is 10.0. The average Bonchev–Trinajstić information content (AvgIpc) is 3.04. The molecule has 0 saturated carbocycles. The number of nitrogens with one attached hydrogen (secondary N) is 1. The Labute approximate surface area is 137 Å². The third-order valence-electron chi connectivity index (χ3n) is 3.93. The molecule has 0 bridgehead atoms. The van der Waals surface area contributed by atoms with E-state index < -0.39 is 0 Å². The van der Waals surface area contributed by atoms with E-state index in [1.807, 2.05) is 6.07 Å². The number of benzene rings is 3. The van der Waals surface area contributed by atoms with Crippen molar-refractivity contribution in [1.29, 1.82) is 0 Å². The van der Waals surface area contributed by atoms with E-state index in [1.165, 1.54) is 27.5 Å². The summed E-state index contributed by atoms with van der Waals surface area (Å²) in [4.78, 5) is 3.39. The van der Waals surface area contributed by atoms with Crippen LogP contribution in [0.2, 0.25) is 0 Å². The molecule has 0 spiro atoms. The van der Waals surface area contributed by atoms with Gasteiger partial charge >= 0.3 is 0 Å². The van der Waals surface area contributed by atoms with Crippen molar-refractivity contribution in [2.24, 2.45) is 0 Å². The lowest BCUT2D eigenvalue weighted by Gasteiger charge is -2.02. The largest absolute Gasteiger partial charge is 0.361 e. The Morgan fingerprint density at radius 3 is 2.32 bits per heavy atom. The Morgan fingerprint density at radius 1 is 0.682 bits per heavy atom. The predicted octanol–water partition coefficient (Wildman–Crippen LogP) is 6.26. The van der Waals surface area contributed by atoms with Gasteiger partial charge in [-0.1, -0.05) is 70.5 Å². The van der Waals surface area contributed by atoms with Crippen molar-refractivity contribution in [3.63, 3.8) is 0 Å². The van der Waals surface area contributed by atoms with Gasteiger partial charge < -0.3 is 4.98 Å². The van der Waals surface area contributed by atoms with Crippen molar-refractivity contribution in [2.75, 3.05) is 0 Å². The molecule has 0 aliphatic heterocycles. The van der Waals surface area contributed by atoms with Crippen LogP contribution in [0.4, 0.5) is 0 Å². The van der Waals surface area contributed by atoms with Crippen LogP contribution in [0.3, 0.4) is 0 Å². The summed E-state index contributed by atoms with van der Waals surface area (Å²) < 4.78 is 1.11. The zero-order chi connectivity index (χ0) is 14.9. The van der Waals surface area contributed by atoms with Gasteiger partial charge in [-0.3, -0.25) is 0 Å². The van der Waals surface area contributed by atoms with E-state index in [-0.39, 0.29) is 0 Å². The monoisotopic (exact) mass is 347 g/mol. The van der Waals surface area contributed by atoms with E-state index >= 15 is 0 Å². The molecule has 4 rings (SSSR count). The van der Waals surface area contributed by atoms with E-state index in [9.17, 15) is 0 Å². The van der Waals surface area contributed by atoms with Crippen LogP contribution in [-0.4, -0.2) is 4.98 Å². The van der Waals surface area contributed by atoms with E-state index in [4.69, 9.17) is 0 Å². The van der Waals surface area contributed by atoms with Gasteiger partial charge in [0.05, 0.1) is 0 Å². The molecule has 1 nitrogen and oxygen atoms in total. The molecule has 0 atom stereocenters. The summed E-state index contributed by atoms with van der Waals surface area (Å²) in [7, 11) is 0. The number of hydrogen-bond acceptors (Lipinski definition) is 0. The number of halogens is 1. The minimum absolute atomic E-state index is 1.11. The minimum Gasteiger partial charge on any atom is -0.361 e. The molecule has 3 aromatic carbocycles. The maximum absolute atomic E-state index is 3.62. The van der Waals surface area contributed by atoms with Crippen molar-refractivity contribution in [3.8, 4) is 22.4 Å². The standard InChI is InChI=1S/C20H14BrN/c21-19-8-4-3-7-18(19)17-12-20(22-13-17)16-10-9-14-5-1-2-6-15(14)11-16/h1-13,22H. The number of H-pyrrole nitrogens is 1. The highest BCUT2D eigenvalue weighted by Crippen LogP contribution is 2.31. The second-order valence-corrected chi connectivity index (χ2v) is 6.20. The second-order valence-electron chi connectivity index (χ2n) is 5.34. The van der Waals surface area contributed by atoms with Gasteiger partial charge in [-0.15, -0.1) is 0 Å². The highest BCUT2D eigenvalue weighted by Gasteiger charge is 2.07. The van der Waals surface area contributed by atoms with Crippen molar-refractivity contribution in [1.82, 2.24) is 4.98 Å². The van der Waals surface area contributed by atoms with Gasteiger partial charge in [-0.2, -0.15) is 0 Å². The third kappa shape index (κ3) is 2.36. The highest BCUT2D eigenvalue weighted by atomic mass is 79.9. The minimum atomic E-state index is 1.11. The summed E-state index contributed by atoms with van der Waals surface area (Å²) in [6, 6.07) is 25.5. The molecule has 0 fully saturated rings. The molecule has 1 aromatic heterocycles. The van der Waals surface area contributed by atoms with Crippen LogP contribution in [0.25, 0.3) is 33.2 Å².